The van der Waals surface area contributed by atoms with Gasteiger partial charge in [-0.05, 0) is 25.1 Å². The molecular formula is C19H18ClN5O2. The molecular weight excluding hydrogens is 366 g/mol. The topological polar surface area (TPSA) is 81.1 Å². The standard InChI is InChI=1S/C19H18ClN5O2/c1-12-11-17(25(24-12)16-7-2-3-9-21-16)23-19(26)22-15-8-10-27-18-13(15)5-4-6-14(18)20/h2-7,9,11,15H,8,10H2,1H3,(H2,22,23,26). The van der Waals surface area contributed by atoms with Gasteiger partial charge in [-0.3, -0.25) is 5.32 Å². The van der Waals surface area contributed by atoms with Gasteiger partial charge in [0.15, 0.2) is 5.82 Å². The van der Waals surface area contributed by atoms with E-state index in [4.69, 9.17) is 16.3 Å². The molecule has 0 spiro atoms. The van der Waals surface area contributed by atoms with E-state index < -0.39 is 0 Å². The molecule has 0 aliphatic carbocycles. The molecule has 138 valence electrons. The normalized spacial score (nSPS) is 15.6. The van der Waals surface area contributed by atoms with E-state index in [1.54, 1.807) is 23.0 Å². The number of pyridine rings is 1. The van der Waals surface area contributed by atoms with Gasteiger partial charge in [0.05, 0.1) is 23.4 Å². The molecule has 1 aromatic carbocycles. The molecule has 2 aromatic heterocycles. The summed E-state index contributed by atoms with van der Waals surface area (Å²) in [5, 5.41) is 10.8. The number of nitrogens with one attached hydrogen (secondary N) is 2. The number of hydrogen-bond acceptors (Lipinski definition) is 4. The second kappa shape index (κ2) is 7.28. The van der Waals surface area contributed by atoms with Crippen LogP contribution in [0.5, 0.6) is 5.75 Å². The molecule has 0 fully saturated rings. The third-order valence-electron chi connectivity index (χ3n) is 4.27. The first-order chi connectivity index (χ1) is 13.1. The molecule has 3 heterocycles. The molecule has 4 rings (SSSR count). The van der Waals surface area contributed by atoms with Crippen molar-refractivity contribution in [3.63, 3.8) is 0 Å². The minimum Gasteiger partial charge on any atom is -0.492 e. The zero-order valence-electron chi connectivity index (χ0n) is 14.6. The van der Waals surface area contributed by atoms with Crippen molar-refractivity contribution in [3.05, 3.63) is 64.9 Å². The third-order valence-corrected chi connectivity index (χ3v) is 4.57. The molecule has 3 aromatic rings. The highest BCUT2D eigenvalue weighted by Gasteiger charge is 2.25. The summed E-state index contributed by atoms with van der Waals surface area (Å²) in [7, 11) is 0. The molecule has 8 heteroatoms. The van der Waals surface area contributed by atoms with Gasteiger partial charge in [0.2, 0.25) is 0 Å². The van der Waals surface area contributed by atoms with E-state index in [9.17, 15) is 4.79 Å². The van der Waals surface area contributed by atoms with Gasteiger partial charge in [-0.1, -0.05) is 29.8 Å². The Morgan fingerprint density at radius 3 is 3.00 bits per heavy atom. The lowest BCUT2D eigenvalue weighted by atomic mass is 10.0. The molecule has 0 saturated heterocycles. The first-order valence-electron chi connectivity index (χ1n) is 8.58. The highest BCUT2D eigenvalue weighted by molar-refractivity contribution is 6.32. The average Bonchev–Trinajstić information content (AvgIpc) is 3.03. The summed E-state index contributed by atoms with van der Waals surface area (Å²) in [5.41, 5.74) is 1.65. The number of nitrogens with zero attached hydrogens (tertiary/aromatic N) is 3. The lowest BCUT2D eigenvalue weighted by Gasteiger charge is -2.27. The van der Waals surface area contributed by atoms with E-state index >= 15 is 0 Å². The maximum atomic E-state index is 12.6. The van der Waals surface area contributed by atoms with Crippen molar-refractivity contribution in [1.82, 2.24) is 20.1 Å². The van der Waals surface area contributed by atoms with Crippen LogP contribution in [-0.4, -0.2) is 27.4 Å². The Hall–Kier alpha value is -3.06. The van der Waals surface area contributed by atoms with Crippen LogP contribution in [0.15, 0.2) is 48.7 Å². The number of rotatable bonds is 3. The van der Waals surface area contributed by atoms with Gasteiger partial charge in [-0.15, -0.1) is 0 Å². The van der Waals surface area contributed by atoms with E-state index in [2.05, 4.69) is 20.7 Å². The SMILES string of the molecule is Cc1cc(NC(=O)NC2CCOc3c(Cl)cccc32)n(-c2ccccn2)n1. The molecule has 1 unspecified atom stereocenters. The van der Waals surface area contributed by atoms with E-state index in [0.29, 0.717) is 35.4 Å². The summed E-state index contributed by atoms with van der Waals surface area (Å²) >= 11 is 6.19. The number of amides is 2. The molecule has 2 N–H and O–H groups in total. The van der Waals surface area contributed by atoms with Crippen LogP contribution in [0.2, 0.25) is 5.02 Å². The van der Waals surface area contributed by atoms with Crippen LogP contribution in [0.25, 0.3) is 5.82 Å². The van der Waals surface area contributed by atoms with E-state index in [-0.39, 0.29) is 12.1 Å². The Morgan fingerprint density at radius 2 is 2.19 bits per heavy atom. The van der Waals surface area contributed by atoms with Gasteiger partial charge in [0.25, 0.3) is 0 Å². The van der Waals surface area contributed by atoms with Crippen LogP contribution in [0.1, 0.15) is 23.7 Å². The molecule has 7 nitrogen and oxygen atoms in total. The molecule has 1 atom stereocenters. The zero-order valence-corrected chi connectivity index (χ0v) is 15.4. The largest absolute Gasteiger partial charge is 0.492 e. The third kappa shape index (κ3) is 3.59. The number of benzene rings is 1. The lowest BCUT2D eigenvalue weighted by molar-refractivity contribution is 0.232. The summed E-state index contributed by atoms with van der Waals surface area (Å²) in [6.45, 7) is 2.35. The second-order valence-corrected chi connectivity index (χ2v) is 6.62. The van der Waals surface area contributed by atoms with E-state index in [0.717, 1.165) is 11.3 Å². The molecule has 0 radical (unpaired) electrons. The monoisotopic (exact) mass is 383 g/mol. The fraction of sp³-hybridized carbons (Fsp3) is 0.211. The number of aryl methyl sites for hydroxylation is 1. The van der Waals surface area contributed by atoms with Gasteiger partial charge in [-0.2, -0.15) is 9.78 Å². The first-order valence-corrected chi connectivity index (χ1v) is 8.96. The number of ether oxygens (including phenoxy) is 1. The number of carbonyl (C=O) groups is 1. The van der Waals surface area contributed by atoms with Gasteiger partial charge < -0.3 is 10.1 Å². The Morgan fingerprint density at radius 1 is 1.30 bits per heavy atom. The molecule has 0 saturated carbocycles. The Labute approximate surface area is 161 Å². The number of hydrogen-bond donors (Lipinski definition) is 2. The summed E-state index contributed by atoms with van der Waals surface area (Å²) in [5.74, 6) is 1.80. The highest BCUT2D eigenvalue weighted by atomic mass is 35.5. The van der Waals surface area contributed by atoms with Gasteiger partial charge in [-0.25, -0.2) is 9.78 Å². The summed E-state index contributed by atoms with van der Waals surface area (Å²) in [6, 6.07) is 12.3. The number of para-hydroxylation sites is 1. The van der Waals surface area contributed by atoms with Crippen LogP contribution in [0.3, 0.4) is 0 Å². The lowest BCUT2D eigenvalue weighted by Crippen LogP contribution is -2.35. The maximum Gasteiger partial charge on any atom is 0.320 e. The summed E-state index contributed by atoms with van der Waals surface area (Å²) < 4.78 is 7.24. The number of urea groups is 1. The van der Waals surface area contributed by atoms with Crippen molar-refractivity contribution in [1.29, 1.82) is 0 Å². The van der Waals surface area contributed by atoms with Gasteiger partial charge in [0, 0.05) is 24.2 Å². The van der Waals surface area contributed by atoms with Gasteiger partial charge in [0.1, 0.15) is 11.6 Å². The Balaban J connectivity index is 1.53. The van der Waals surface area contributed by atoms with Crippen molar-refractivity contribution in [3.8, 4) is 11.6 Å². The highest BCUT2D eigenvalue weighted by Crippen LogP contribution is 2.37. The van der Waals surface area contributed by atoms with Crippen LogP contribution < -0.4 is 15.4 Å². The zero-order chi connectivity index (χ0) is 18.8. The number of carbonyl (C=O) groups excluding carboxylic acids is 1. The molecule has 27 heavy (non-hydrogen) atoms. The van der Waals surface area contributed by atoms with Crippen molar-refractivity contribution in [2.24, 2.45) is 0 Å². The van der Waals surface area contributed by atoms with Crippen molar-refractivity contribution >= 4 is 23.4 Å². The minimum absolute atomic E-state index is 0.181. The Kier molecular flexibility index (Phi) is 4.68. The van der Waals surface area contributed by atoms with Crippen molar-refractivity contribution < 1.29 is 9.53 Å². The minimum atomic E-state index is -0.329. The van der Waals surface area contributed by atoms with Crippen LogP contribution in [-0.2, 0) is 0 Å². The van der Waals surface area contributed by atoms with Crippen LogP contribution in [0.4, 0.5) is 10.6 Å². The molecule has 0 bridgehead atoms. The molecule has 1 aliphatic heterocycles. The number of fused-ring (bicyclic) bond motifs is 1. The average molecular weight is 384 g/mol. The number of anilines is 1. The summed E-state index contributed by atoms with van der Waals surface area (Å²) in [6.07, 6.45) is 2.35. The smallest absolute Gasteiger partial charge is 0.320 e. The van der Waals surface area contributed by atoms with Crippen LogP contribution in [0, 0.1) is 6.92 Å². The molecule has 1 aliphatic rings. The summed E-state index contributed by atoms with van der Waals surface area (Å²) in [4.78, 5) is 16.9. The second-order valence-electron chi connectivity index (χ2n) is 6.22. The quantitative estimate of drug-likeness (QED) is 0.719. The van der Waals surface area contributed by atoms with Crippen molar-refractivity contribution in [2.75, 3.05) is 11.9 Å². The maximum absolute atomic E-state index is 12.6. The number of halogens is 1. The van der Waals surface area contributed by atoms with E-state index in [1.165, 1.54) is 0 Å². The predicted octanol–water partition coefficient (Wildman–Crippen LogP) is 3.87. The van der Waals surface area contributed by atoms with Gasteiger partial charge >= 0.3 is 6.03 Å². The Bertz CT molecular complexity index is 973. The van der Waals surface area contributed by atoms with Crippen LogP contribution >= 0.6 is 11.6 Å². The van der Waals surface area contributed by atoms with E-state index in [1.807, 2.05) is 37.3 Å². The molecule has 2 amide bonds. The fourth-order valence-corrected chi connectivity index (χ4v) is 3.33. The van der Waals surface area contributed by atoms with Crippen molar-refractivity contribution in [2.45, 2.75) is 19.4 Å². The fourth-order valence-electron chi connectivity index (χ4n) is 3.09. The first kappa shape index (κ1) is 17.4. The predicted molar refractivity (Wildman–Crippen MR) is 103 cm³/mol. The number of aromatic nitrogens is 3.